The van der Waals surface area contributed by atoms with Crippen LogP contribution in [0.25, 0.3) is 0 Å². The van der Waals surface area contributed by atoms with E-state index in [0.717, 1.165) is 9.87 Å². The molecule has 1 aromatic rings. The van der Waals surface area contributed by atoms with Gasteiger partial charge in [0.1, 0.15) is 6.04 Å². The molecule has 1 unspecified atom stereocenters. The predicted molar refractivity (Wildman–Crippen MR) is 72.0 cm³/mol. The Bertz CT molecular complexity index is 585. The summed E-state index contributed by atoms with van der Waals surface area (Å²) in [6.07, 6.45) is 0. The van der Waals surface area contributed by atoms with Crippen LogP contribution in [-0.2, 0) is 26.1 Å². The van der Waals surface area contributed by atoms with Gasteiger partial charge in [0.05, 0.1) is 18.1 Å². The molecule has 0 aromatic heterocycles. The Balaban J connectivity index is 2.34. The van der Waals surface area contributed by atoms with Gasteiger partial charge in [0, 0.05) is 13.1 Å². The quantitative estimate of drug-likeness (QED) is 0.741. The number of nitrogens with zero attached hydrogens (tertiary/aromatic N) is 1. The van der Waals surface area contributed by atoms with Gasteiger partial charge in [-0.15, -0.1) is 0 Å². The van der Waals surface area contributed by atoms with Crippen molar-refractivity contribution in [2.45, 2.75) is 17.5 Å². The first-order chi connectivity index (χ1) is 9.46. The Morgan fingerprint density at radius 2 is 2.00 bits per heavy atom. The third-order valence-corrected chi connectivity index (χ3v) is 5.10. The van der Waals surface area contributed by atoms with Crippen LogP contribution in [0, 0.1) is 0 Å². The molecule has 1 saturated heterocycles. The van der Waals surface area contributed by atoms with E-state index in [2.05, 4.69) is 0 Å². The molecule has 1 fully saturated rings. The van der Waals surface area contributed by atoms with E-state index < -0.39 is 22.0 Å². The molecule has 0 spiro atoms. The molecule has 8 heteroatoms. The van der Waals surface area contributed by atoms with Crippen molar-refractivity contribution in [1.82, 2.24) is 4.31 Å². The summed E-state index contributed by atoms with van der Waals surface area (Å²) in [5, 5.41) is 0. The van der Waals surface area contributed by atoms with E-state index in [9.17, 15) is 13.2 Å². The monoisotopic (exact) mass is 299 g/mol. The van der Waals surface area contributed by atoms with Crippen molar-refractivity contribution in [2.24, 2.45) is 11.5 Å². The Hall–Kier alpha value is -1.48. The molecule has 2 rings (SSSR count). The zero-order valence-corrected chi connectivity index (χ0v) is 11.7. The molecule has 110 valence electrons. The van der Waals surface area contributed by atoms with E-state index in [0.29, 0.717) is 6.54 Å². The summed E-state index contributed by atoms with van der Waals surface area (Å²) >= 11 is 0. The van der Waals surface area contributed by atoms with Crippen LogP contribution < -0.4 is 11.5 Å². The number of benzene rings is 1. The van der Waals surface area contributed by atoms with Gasteiger partial charge >= 0.3 is 0 Å². The van der Waals surface area contributed by atoms with Crippen LogP contribution in [0.5, 0.6) is 0 Å². The second-order valence-corrected chi connectivity index (χ2v) is 6.35. The van der Waals surface area contributed by atoms with Gasteiger partial charge in [-0.2, -0.15) is 4.31 Å². The number of sulfonamides is 1. The summed E-state index contributed by atoms with van der Waals surface area (Å²) in [6, 6.07) is 5.28. The molecule has 1 aliphatic heterocycles. The molecule has 1 amide bonds. The van der Waals surface area contributed by atoms with Gasteiger partial charge in [0.2, 0.25) is 15.9 Å². The van der Waals surface area contributed by atoms with Gasteiger partial charge < -0.3 is 16.2 Å². The third-order valence-electron chi connectivity index (χ3n) is 3.17. The van der Waals surface area contributed by atoms with Gasteiger partial charge in [0.25, 0.3) is 0 Å². The van der Waals surface area contributed by atoms with Crippen molar-refractivity contribution in [3.8, 4) is 0 Å². The van der Waals surface area contributed by atoms with Crippen molar-refractivity contribution in [1.29, 1.82) is 0 Å². The highest BCUT2D eigenvalue weighted by molar-refractivity contribution is 7.89. The zero-order chi connectivity index (χ0) is 14.8. The third kappa shape index (κ3) is 2.83. The number of amides is 1. The number of primary amides is 1. The molecule has 0 bridgehead atoms. The van der Waals surface area contributed by atoms with E-state index in [1.54, 1.807) is 12.1 Å². The minimum atomic E-state index is -3.77. The van der Waals surface area contributed by atoms with Crippen LogP contribution in [0.1, 0.15) is 5.56 Å². The second-order valence-electron chi connectivity index (χ2n) is 4.46. The molecule has 0 radical (unpaired) electrons. The van der Waals surface area contributed by atoms with E-state index in [1.165, 1.54) is 12.1 Å². The molecule has 1 atom stereocenters. The summed E-state index contributed by atoms with van der Waals surface area (Å²) in [6.45, 7) is 0.662. The Morgan fingerprint density at radius 3 is 2.55 bits per heavy atom. The molecule has 4 N–H and O–H groups in total. The van der Waals surface area contributed by atoms with Crippen LogP contribution >= 0.6 is 0 Å². The number of carbonyl (C=O) groups is 1. The van der Waals surface area contributed by atoms with Gasteiger partial charge in [-0.1, -0.05) is 12.1 Å². The van der Waals surface area contributed by atoms with E-state index in [1.807, 2.05) is 0 Å². The number of nitrogens with two attached hydrogens (primary N) is 2. The standard InChI is InChI=1S/C12H17N3O4S/c13-7-9-1-3-10(4-2-9)20(17,18)15-5-6-19-8-11(15)12(14)16/h1-4,11H,5-8,13H2,(H2,14,16). The Labute approximate surface area is 117 Å². The van der Waals surface area contributed by atoms with Crippen molar-refractivity contribution < 1.29 is 17.9 Å². The summed E-state index contributed by atoms with van der Waals surface area (Å²) < 4.78 is 31.3. The van der Waals surface area contributed by atoms with Gasteiger partial charge in [0.15, 0.2) is 0 Å². The van der Waals surface area contributed by atoms with Crippen LogP contribution in [-0.4, -0.2) is 44.4 Å². The van der Waals surface area contributed by atoms with Crippen LogP contribution in [0.4, 0.5) is 0 Å². The number of hydrogen-bond donors (Lipinski definition) is 2. The van der Waals surface area contributed by atoms with Gasteiger partial charge in [-0.25, -0.2) is 8.42 Å². The second kappa shape index (κ2) is 5.88. The topological polar surface area (TPSA) is 116 Å². The lowest BCUT2D eigenvalue weighted by molar-refractivity contribution is -0.125. The lowest BCUT2D eigenvalue weighted by atomic mass is 10.2. The van der Waals surface area contributed by atoms with Gasteiger partial charge in [-0.05, 0) is 17.7 Å². The molecular weight excluding hydrogens is 282 g/mol. The molecule has 1 aliphatic rings. The van der Waals surface area contributed by atoms with Crippen LogP contribution in [0.15, 0.2) is 29.2 Å². The van der Waals surface area contributed by atoms with E-state index >= 15 is 0 Å². The van der Waals surface area contributed by atoms with Crippen molar-refractivity contribution >= 4 is 15.9 Å². The Morgan fingerprint density at radius 1 is 1.35 bits per heavy atom. The number of rotatable bonds is 4. The van der Waals surface area contributed by atoms with E-state index in [-0.39, 0.29) is 24.7 Å². The summed E-state index contributed by atoms with van der Waals surface area (Å²) in [5.41, 5.74) is 11.5. The molecular formula is C12H17N3O4S. The molecule has 0 saturated carbocycles. The summed E-state index contributed by atoms with van der Waals surface area (Å²) in [4.78, 5) is 11.5. The number of hydrogen-bond acceptors (Lipinski definition) is 5. The first kappa shape index (κ1) is 14.9. The average Bonchev–Trinajstić information content (AvgIpc) is 2.47. The largest absolute Gasteiger partial charge is 0.378 e. The minimum absolute atomic E-state index is 0.0184. The fourth-order valence-corrected chi connectivity index (χ4v) is 3.60. The maximum absolute atomic E-state index is 12.5. The smallest absolute Gasteiger partial charge is 0.243 e. The molecule has 20 heavy (non-hydrogen) atoms. The van der Waals surface area contributed by atoms with Crippen LogP contribution in [0.3, 0.4) is 0 Å². The number of morpholine rings is 1. The fourth-order valence-electron chi connectivity index (χ4n) is 2.03. The highest BCUT2D eigenvalue weighted by atomic mass is 32.2. The molecule has 0 aliphatic carbocycles. The first-order valence-electron chi connectivity index (χ1n) is 6.14. The van der Waals surface area contributed by atoms with Crippen molar-refractivity contribution in [2.75, 3.05) is 19.8 Å². The van der Waals surface area contributed by atoms with Gasteiger partial charge in [-0.3, -0.25) is 4.79 Å². The maximum Gasteiger partial charge on any atom is 0.243 e. The lowest BCUT2D eigenvalue weighted by Crippen LogP contribution is -2.54. The van der Waals surface area contributed by atoms with E-state index in [4.69, 9.17) is 16.2 Å². The average molecular weight is 299 g/mol. The Kier molecular flexibility index (Phi) is 4.39. The molecule has 1 heterocycles. The minimum Gasteiger partial charge on any atom is -0.378 e. The molecule has 7 nitrogen and oxygen atoms in total. The lowest BCUT2D eigenvalue weighted by Gasteiger charge is -2.32. The fraction of sp³-hybridized carbons (Fsp3) is 0.417. The summed E-state index contributed by atoms with van der Waals surface area (Å²) in [5.74, 6) is -0.716. The molecule has 1 aromatic carbocycles. The van der Waals surface area contributed by atoms with Crippen molar-refractivity contribution in [3.63, 3.8) is 0 Å². The zero-order valence-electron chi connectivity index (χ0n) is 10.9. The van der Waals surface area contributed by atoms with Crippen LogP contribution in [0.2, 0.25) is 0 Å². The van der Waals surface area contributed by atoms with Crippen molar-refractivity contribution in [3.05, 3.63) is 29.8 Å². The first-order valence-corrected chi connectivity index (χ1v) is 7.58. The normalized spacial score (nSPS) is 20.8. The number of carbonyl (C=O) groups excluding carboxylic acids is 1. The SMILES string of the molecule is NCc1ccc(S(=O)(=O)N2CCOCC2C(N)=O)cc1. The highest BCUT2D eigenvalue weighted by Gasteiger charge is 2.37. The maximum atomic E-state index is 12.5. The summed E-state index contributed by atoms with van der Waals surface area (Å²) in [7, 11) is -3.77. The predicted octanol–water partition coefficient (Wildman–Crippen LogP) is -0.980. The number of ether oxygens (including phenoxy) is 1. The highest BCUT2D eigenvalue weighted by Crippen LogP contribution is 2.21.